The van der Waals surface area contributed by atoms with Crippen molar-refractivity contribution in [2.24, 2.45) is 0 Å². The fraction of sp³-hybridized carbons (Fsp3) is 0.250. The maximum absolute atomic E-state index is 10.6. The van der Waals surface area contributed by atoms with Gasteiger partial charge in [-0.05, 0) is 29.7 Å². The van der Waals surface area contributed by atoms with E-state index in [2.05, 4.69) is 0 Å². The van der Waals surface area contributed by atoms with Gasteiger partial charge in [0.2, 0.25) is 6.79 Å². The summed E-state index contributed by atoms with van der Waals surface area (Å²) in [5.41, 5.74) is 1.62. The molecule has 1 N–H and O–H groups in total. The highest BCUT2D eigenvalue weighted by molar-refractivity contribution is 5.90. The van der Waals surface area contributed by atoms with Crippen LogP contribution in [0.1, 0.15) is 18.9 Å². The van der Waals surface area contributed by atoms with Crippen LogP contribution in [-0.4, -0.2) is 17.9 Å². The van der Waals surface area contributed by atoms with Crippen LogP contribution in [0.2, 0.25) is 0 Å². The van der Waals surface area contributed by atoms with Gasteiger partial charge in [-0.25, -0.2) is 4.79 Å². The summed E-state index contributed by atoms with van der Waals surface area (Å²) in [6, 6.07) is 5.44. The number of fused-ring (bicyclic) bond motifs is 1. The van der Waals surface area contributed by atoms with Crippen molar-refractivity contribution < 1.29 is 19.4 Å². The summed E-state index contributed by atoms with van der Waals surface area (Å²) in [6.45, 7) is 2.14. The molecule has 16 heavy (non-hydrogen) atoms. The molecule has 0 bridgehead atoms. The third-order valence-electron chi connectivity index (χ3n) is 2.42. The van der Waals surface area contributed by atoms with E-state index < -0.39 is 5.97 Å². The summed E-state index contributed by atoms with van der Waals surface area (Å²) >= 11 is 0. The molecule has 0 unspecified atom stereocenters. The molecule has 2 rings (SSSR count). The van der Waals surface area contributed by atoms with Crippen molar-refractivity contribution in [1.29, 1.82) is 0 Å². The maximum atomic E-state index is 10.6. The lowest BCUT2D eigenvalue weighted by Crippen LogP contribution is -1.93. The summed E-state index contributed by atoms with van der Waals surface area (Å²) in [7, 11) is 0. The van der Waals surface area contributed by atoms with Crippen molar-refractivity contribution in [3.05, 3.63) is 29.8 Å². The second-order valence-electron chi connectivity index (χ2n) is 3.43. The molecule has 84 valence electrons. The number of carboxylic acid groups (broad SMARTS) is 1. The Morgan fingerprint density at radius 1 is 1.44 bits per heavy atom. The molecule has 0 atom stereocenters. The molecule has 1 aliphatic heterocycles. The first-order chi connectivity index (χ1) is 7.70. The van der Waals surface area contributed by atoms with Crippen molar-refractivity contribution in [1.82, 2.24) is 0 Å². The van der Waals surface area contributed by atoms with Crippen LogP contribution in [0.5, 0.6) is 11.5 Å². The molecule has 0 saturated heterocycles. The second kappa shape index (κ2) is 4.26. The maximum Gasteiger partial charge on any atom is 0.328 e. The highest BCUT2D eigenvalue weighted by Crippen LogP contribution is 2.34. The smallest absolute Gasteiger partial charge is 0.328 e. The van der Waals surface area contributed by atoms with Gasteiger partial charge >= 0.3 is 5.97 Å². The number of aliphatic carboxylic acids is 1. The predicted molar refractivity (Wildman–Crippen MR) is 58.5 cm³/mol. The molecule has 0 saturated carbocycles. The van der Waals surface area contributed by atoms with Crippen molar-refractivity contribution >= 4 is 11.5 Å². The molecule has 0 fully saturated rings. The van der Waals surface area contributed by atoms with Crippen LogP contribution in [-0.2, 0) is 4.79 Å². The van der Waals surface area contributed by atoms with Gasteiger partial charge in [0.15, 0.2) is 11.5 Å². The summed E-state index contributed by atoms with van der Waals surface area (Å²) in [5, 5.41) is 8.74. The lowest BCUT2D eigenvalue weighted by molar-refractivity contribution is -0.131. The van der Waals surface area contributed by atoms with Crippen LogP contribution in [0.3, 0.4) is 0 Å². The molecule has 4 nitrogen and oxygen atoms in total. The van der Waals surface area contributed by atoms with E-state index in [4.69, 9.17) is 14.6 Å². The van der Waals surface area contributed by atoms with Crippen LogP contribution < -0.4 is 9.47 Å². The summed E-state index contributed by atoms with van der Waals surface area (Å²) < 4.78 is 10.4. The fourth-order valence-electron chi connectivity index (χ4n) is 1.63. The first kappa shape index (κ1) is 10.5. The Kier molecular flexibility index (Phi) is 2.81. The molecule has 0 radical (unpaired) electrons. The van der Waals surface area contributed by atoms with Gasteiger partial charge in [0.05, 0.1) is 0 Å². The number of rotatable bonds is 3. The van der Waals surface area contributed by atoms with Crippen molar-refractivity contribution in [3.8, 4) is 11.5 Å². The topological polar surface area (TPSA) is 55.8 Å². The van der Waals surface area contributed by atoms with E-state index in [1.165, 1.54) is 6.08 Å². The van der Waals surface area contributed by atoms with E-state index in [9.17, 15) is 4.79 Å². The monoisotopic (exact) mass is 220 g/mol. The molecule has 4 heteroatoms. The average molecular weight is 220 g/mol. The lowest BCUT2D eigenvalue weighted by Gasteiger charge is -2.05. The molecule has 0 amide bonds. The van der Waals surface area contributed by atoms with E-state index in [-0.39, 0.29) is 6.79 Å². The number of carbonyl (C=O) groups is 1. The van der Waals surface area contributed by atoms with Crippen molar-refractivity contribution in [2.75, 3.05) is 6.79 Å². The molecule has 0 aliphatic carbocycles. The highest BCUT2D eigenvalue weighted by atomic mass is 16.7. The molecular weight excluding hydrogens is 208 g/mol. The van der Waals surface area contributed by atoms with Gasteiger partial charge in [-0.1, -0.05) is 13.0 Å². The number of carboxylic acids is 1. The Labute approximate surface area is 93.1 Å². The van der Waals surface area contributed by atoms with Crippen LogP contribution >= 0.6 is 0 Å². The van der Waals surface area contributed by atoms with Crippen LogP contribution in [0.4, 0.5) is 0 Å². The molecule has 1 aliphatic rings. The Bertz CT molecular complexity index is 448. The zero-order valence-corrected chi connectivity index (χ0v) is 8.90. The number of hydrogen-bond acceptors (Lipinski definition) is 3. The van der Waals surface area contributed by atoms with Gasteiger partial charge in [0.25, 0.3) is 0 Å². The third-order valence-corrected chi connectivity index (χ3v) is 2.42. The van der Waals surface area contributed by atoms with Crippen LogP contribution in [0.25, 0.3) is 5.57 Å². The van der Waals surface area contributed by atoms with Gasteiger partial charge in [-0.15, -0.1) is 0 Å². The highest BCUT2D eigenvalue weighted by Gasteiger charge is 2.14. The molecule has 0 aromatic heterocycles. The molecule has 0 spiro atoms. The fourth-order valence-corrected chi connectivity index (χ4v) is 1.63. The SMILES string of the molecule is CC/C(=C\C(=O)O)c1ccc2c(c1)OCO2. The van der Waals surface area contributed by atoms with Crippen molar-refractivity contribution in [3.63, 3.8) is 0 Å². The van der Waals surface area contributed by atoms with Gasteiger partial charge < -0.3 is 14.6 Å². The van der Waals surface area contributed by atoms with E-state index in [1.54, 1.807) is 12.1 Å². The average Bonchev–Trinajstić information content (AvgIpc) is 2.72. The first-order valence-electron chi connectivity index (χ1n) is 5.04. The Morgan fingerprint density at radius 2 is 2.19 bits per heavy atom. The summed E-state index contributed by atoms with van der Waals surface area (Å²) in [4.78, 5) is 10.6. The van der Waals surface area contributed by atoms with Crippen LogP contribution in [0.15, 0.2) is 24.3 Å². The van der Waals surface area contributed by atoms with Gasteiger partial charge in [0, 0.05) is 6.08 Å². The predicted octanol–water partition coefficient (Wildman–Crippen LogP) is 2.29. The number of allylic oxidation sites excluding steroid dienone is 1. The zero-order valence-electron chi connectivity index (χ0n) is 8.90. The molecular formula is C12H12O4. The van der Waals surface area contributed by atoms with Gasteiger partial charge in [-0.3, -0.25) is 0 Å². The van der Waals surface area contributed by atoms with Crippen molar-refractivity contribution in [2.45, 2.75) is 13.3 Å². The quantitative estimate of drug-likeness (QED) is 0.794. The summed E-state index contributed by atoms with van der Waals surface area (Å²) in [6.07, 6.45) is 1.88. The number of benzene rings is 1. The molecule has 1 aromatic rings. The van der Waals surface area contributed by atoms with E-state index in [0.717, 1.165) is 11.1 Å². The minimum atomic E-state index is -0.936. The Morgan fingerprint density at radius 3 is 2.88 bits per heavy atom. The third kappa shape index (κ3) is 2.00. The lowest BCUT2D eigenvalue weighted by atomic mass is 10.0. The van der Waals surface area contributed by atoms with E-state index in [0.29, 0.717) is 17.9 Å². The van der Waals surface area contributed by atoms with E-state index in [1.807, 2.05) is 13.0 Å². The molecule has 1 aromatic carbocycles. The largest absolute Gasteiger partial charge is 0.478 e. The Hall–Kier alpha value is -1.97. The number of hydrogen-bond donors (Lipinski definition) is 1. The first-order valence-corrected chi connectivity index (χ1v) is 5.04. The minimum Gasteiger partial charge on any atom is -0.478 e. The molecule has 1 heterocycles. The normalized spacial score (nSPS) is 13.9. The van der Waals surface area contributed by atoms with Gasteiger partial charge in [0.1, 0.15) is 0 Å². The summed E-state index contributed by atoms with van der Waals surface area (Å²) in [5.74, 6) is 0.436. The van der Waals surface area contributed by atoms with E-state index >= 15 is 0 Å². The standard InChI is InChI=1S/C12H12O4/c1-2-8(6-12(13)14)9-3-4-10-11(5-9)16-7-15-10/h3-6H,2,7H2,1H3,(H,13,14)/b8-6+. The number of ether oxygens (including phenoxy) is 2. The zero-order chi connectivity index (χ0) is 11.5. The van der Waals surface area contributed by atoms with Crippen LogP contribution in [0, 0.1) is 0 Å². The second-order valence-corrected chi connectivity index (χ2v) is 3.43. The minimum absolute atomic E-state index is 0.225. The van der Waals surface area contributed by atoms with Gasteiger partial charge in [-0.2, -0.15) is 0 Å². The Balaban J connectivity index is 2.36.